The van der Waals surface area contributed by atoms with Crippen LogP contribution < -0.4 is 5.32 Å². The highest BCUT2D eigenvalue weighted by molar-refractivity contribution is 5.66. The van der Waals surface area contributed by atoms with E-state index in [0.717, 1.165) is 36.1 Å². The summed E-state index contributed by atoms with van der Waals surface area (Å²) in [5, 5.41) is 3.67. The summed E-state index contributed by atoms with van der Waals surface area (Å²) in [5.74, 6) is 4.56. The Hall–Kier alpha value is -1.76. The molecule has 32 heavy (non-hydrogen) atoms. The number of hydrogen-bond acceptors (Lipinski definition) is 1. The number of aryl methyl sites for hydroxylation is 1. The number of hydrogen-bond donors (Lipinski definition) is 1. The van der Waals surface area contributed by atoms with Gasteiger partial charge in [-0.25, -0.2) is 0 Å². The maximum absolute atomic E-state index is 3.67. The number of nitrogens with one attached hydrogen (secondary N) is 1. The molecule has 0 aliphatic rings. The minimum Gasteiger partial charge on any atom is -0.385 e. The highest BCUT2D eigenvalue weighted by Gasteiger charge is 2.16. The molecule has 0 amide bonds. The molecule has 0 saturated carbocycles. The van der Waals surface area contributed by atoms with Crippen molar-refractivity contribution in [3.05, 3.63) is 54.1 Å². The Morgan fingerprint density at radius 3 is 1.53 bits per heavy atom. The van der Waals surface area contributed by atoms with Crippen molar-refractivity contribution >= 4 is 5.69 Å². The van der Waals surface area contributed by atoms with Crippen LogP contribution in [0.15, 0.2) is 48.5 Å². The first-order valence-corrected chi connectivity index (χ1v) is 13.1. The smallest absolute Gasteiger partial charge is 0.0340 e. The first kappa shape index (κ1) is 26.5. The molecular weight excluding hydrogens is 386 g/mol. The van der Waals surface area contributed by atoms with Crippen molar-refractivity contribution in [1.29, 1.82) is 0 Å². The van der Waals surface area contributed by atoms with Crippen molar-refractivity contribution in [2.24, 2.45) is 35.5 Å². The van der Waals surface area contributed by atoms with Gasteiger partial charge in [-0.1, -0.05) is 91.8 Å². The molecular formula is C31H49N. The van der Waals surface area contributed by atoms with Gasteiger partial charge in [0.15, 0.2) is 0 Å². The number of rotatable bonds is 13. The van der Waals surface area contributed by atoms with Crippen LogP contribution in [0.3, 0.4) is 0 Å². The molecule has 2 aromatic rings. The molecule has 2 unspecified atom stereocenters. The second kappa shape index (κ2) is 13.1. The summed E-state index contributed by atoms with van der Waals surface area (Å²) in [7, 11) is 0. The quantitative estimate of drug-likeness (QED) is 0.330. The van der Waals surface area contributed by atoms with Crippen LogP contribution in [-0.4, -0.2) is 6.54 Å². The first-order chi connectivity index (χ1) is 15.2. The van der Waals surface area contributed by atoms with Crippen LogP contribution in [-0.2, 0) is 6.42 Å². The van der Waals surface area contributed by atoms with Gasteiger partial charge < -0.3 is 5.32 Å². The van der Waals surface area contributed by atoms with Crippen molar-refractivity contribution in [3.8, 4) is 11.1 Å². The summed E-state index contributed by atoms with van der Waals surface area (Å²) in [6.07, 6.45) is 5.10. The molecule has 0 fully saturated rings. The highest BCUT2D eigenvalue weighted by atomic mass is 14.9. The lowest BCUT2D eigenvalue weighted by atomic mass is 9.83. The molecule has 1 N–H and O–H groups in total. The van der Waals surface area contributed by atoms with E-state index in [1.54, 1.807) is 0 Å². The monoisotopic (exact) mass is 435 g/mol. The zero-order chi connectivity index (χ0) is 23.7. The zero-order valence-electron chi connectivity index (χ0n) is 22.1. The molecule has 178 valence electrons. The van der Waals surface area contributed by atoms with E-state index in [9.17, 15) is 0 Å². The number of anilines is 1. The highest BCUT2D eigenvalue weighted by Crippen LogP contribution is 2.27. The summed E-state index contributed by atoms with van der Waals surface area (Å²) >= 11 is 0. The fraction of sp³-hybridized carbons (Fsp3) is 0.613. The lowest BCUT2D eigenvalue weighted by Gasteiger charge is -2.23. The van der Waals surface area contributed by atoms with Crippen LogP contribution in [0, 0.1) is 35.5 Å². The predicted octanol–water partition coefficient (Wildman–Crippen LogP) is 9.33. The van der Waals surface area contributed by atoms with Gasteiger partial charge in [-0.05, 0) is 90.0 Å². The first-order valence-electron chi connectivity index (χ1n) is 13.1. The molecule has 0 aliphatic carbocycles. The number of benzene rings is 2. The molecule has 0 radical (unpaired) electrons. The third-order valence-corrected chi connectivity index (χ3v) is 6.98. The molecule has 0 aromatic heterocycles. The summed E-state index contributed by atoms with van der Waals surface area (Å²) in [6.45, 7) is 19.8. The SMILES string of the molecule is CC(C)CC(CCc1ccc(-c2ccc(NCC(CC(C)C)C(C)C)cc2)cc1)C(C)C. The van der Waals surface area contributed by atoms with Crippen molar-refractivity contribution in [2.45, 2.75) is 81.1 Å². The molecule has 0 saturated heterocycles. The summed E-state index contributed by atoms with van der Waals surface area (Å²) in [4.78, 5) is 0. The van der Waals surface area contributed by atoms with Crippen molar-refractivity contribution in [1.82, 2.24) is 0 Å². The molecule has 1 nitrogen and oxygen atoms in total. The van der Waals surface area contributed by atoms with E-state index >= 15 is 0 Å². The van der Waals surface area contributed by atoms with Gasteiger partial charge in [0.2, 0.25) is 0 Å². The molecule has 2 atom stereocenters. The standard InChI is InChI=1S/C31H49N/c1-22(2)19-29(24(5)6)14-11-26-9-12-27(13-10-26)28-15-17-31(18-16-28)32-21-30(25(7)8)20-23(3)4/h9-10,12-13,15-18,22-25,29-30,32H,11,14,19-21H2,1-8H3. The van der Waals surface area contributed by atoms with E-state index in [1.807, 2.05) is 0 Å². The second-order valence-electron chi connectivity index (χ2n) is 11.5. The van der Waals surface area contributed by atoms with E-state index in [1.165, 1.54) is 48.1 Å². The van der Waals surface area contributed by atoms with Crippen LogP contribution >= 0.6 is 0 Å². The average Bonchev–Trinajstić information content (AvgIpc) is 2.74. The van der Waals surface area contributed by atoms with Gasteiger partial charge in [0.05, 0.1) is 0 Å². The Bertz CT molecular complexity index is 685. The second-order valence-corrected chi connectivity index (χ2v) is 11.5. The maximum Gasteiger partial charge on any atom is 0.0340 e. The minimum atomic E-state index is 0.712. The van der Waals surface area contributed by atoms with E-state index in [4.69, 9.17) is 0 Å². The Balaban J connectivity index is 1.92. The van der Waals surface area contributed by atoms with Gasteiger partial charge >= 0.3 is 0 Å². The van der Waals surface area contributed by atoms with Gasteiger partial charge in [-0.3, -0.25) is 0 Å². The maximum atomic E-state index is 3.67. The molecule has 0 spiro atoms. The van der Waals surface area contributed by atoms with E-state index in [2.05, 4.69) is 109 Å². The predicted molar refractivity (Wildman–Crippen MR) is 144 cm³/mol. The molecule has 0 heterocycles. The molecule has 1 heteroatoms. The normalized spacial score (nSPS) is 13.9. The van der Waals surface area contributed by atoms with E-state index < -0.39 is 0 Å². The topological polar surface area (TPSA) is 12.0 Å². The summed E-state index contributed by atoms with van der Waals surface area (Å²) in [6, 6.07) is 18.2. The van der Waals surface area contributed by atoms with Crippen LogP contribution in [0.5, 0.6) is 0 Å². The van der Waals surface area contributed by atoms with Gasteiger partial charge in [0.1, 0.15) is 0 Å². The molecule has 2 aromatic carbocycles. The Morgan fingerprint density at radius 2 is 1.06 bits per heavy atom. The third kappa shape index (κ3) is 9.00. The van der Waals surface area contributed by atoms with Gasteiger partial charge in [0.25, 0.3) is 0 Å². The summed E-state index contributed by atoms with van der Waals surface area (Å²) < 4.78 is 0. The van der Waals surface area contributed by atoms with Crippen LogP contribution in [0.1, 0.15) is 80.2 Å². The minimum absolute atomic E-state index is 0.712. The van der Waals surface area contributed by atoms with Crippen molar-refractivity contribution in [3.63, 3.8) is 0 Å². The lowest BCUT2D eigenvalue weighted by Crippen LogP contribution is -2.21. The third-order valence-electron chi connectivity index (χ3n) is 6.98. The molecule has 0 bridgehead atoms. The van der Waals surface area contributed by atoms with Gasteiger partial charge in [0, 0.05) is 12.2 Å². The average molecular weight is 436 g/mol. The van der Waals surface area contributed by atoms with E-state index in [-0.39, 0.29) is 0 Å². The zero-order valence-corrected chi connectivity index (χ0v) is 22.1. The Morgan fingerprint density at radius 1 is 0.594 bits per heavy atom. The molecule has 2 rings (SSSR count). The Kier molecular flexibility index (Phi) is 10.8. The Labute approximate surface area is 199 Å². The van der Waals surface area contributed by atoms with Crippen LogP contribution in [0.2, 0.25) is 0 Å². The van der Waals surface area contributed by atoms with E-state index in [0.29, 0.717) is 5.92 Å². The fourth-order valence-electron chi connectivity index (χ4n) is 4.77. The van der Waals surface area contributed by atoms with Gasteiger partial charge in [-0.15, -0.1) is 0 Å². The van der Waals surface area contributed by atoms with Crippen molar-refractivity contribution in [2.75, 3.05) is 11.9 Å². The van der Waals surface area contributed by atoms with Crippen LogP contribution in [0.25, 0.3) is 11.1 Å². The largest absolute Gasteiger partial charge is 0.385 e. The molecule has 0 aliphatic heterocycles. The van der Waals surface area contributed by atoms with Crippen LogP contribution in [0.4, 0.5) is 5.69 Å². The van der Waals surface area contributed by atoms with Crippen molar-refractivity contribution < 1.29 is 0 Å². The lowest BCUT2D eigenvalue weighted by molar-refractivity contribution is 0.299. The summed E-state index contributed by atoms with van der Waals surface area (Å²) in [5.41, 5.74) is 5.29. The fourth-order valence-corrected chi connectivity index (χ4v) is 4.77. The van der Waals surface area contributed by atoms with Gasteiger partial charge in [-0.2, -0.15) is 0 Å².